The molecule has 5 aromatic carbocycles. The lowest BCUT2D eigenvalue weighted by atomic mass is 9.49. The molecule has 0 N–H and O–H groups in total. The molecule has 10 rings (SSSR count). The summed E-state index contributed by atoms with van der Waals surface area (Å²) in [5.74, 6) is 0.702. The first-order valence-electron chi connectivity index (χ1n) is 19.5. The van der Waals surface area contributed by atoms with Gasteiger partial charge in [0.15, 0.2) is 0 Å². The van der Waals surface area contributed by atoms with E-state index in [-0.39, 0.29) is 28.7 Å². The fourth-order valence-electron chi connectivity index (χ4n) is 10.7. The van der Waals surface area contributed by atoms with Gasteiger partial charge in [-0.2, -0.15) is 0 Å². The lowest BCUT2D eigenvalue weighted by Gasteiger charge is -2.44. The summed E-state index contributed by atoms with van der Waals surface area (Å²) in [4.78, 5) is 15.4. The molecular formula is C48H48BN3O. The minimum Gasteiger partial charge on any atom is -0.310 e. The summed E-state index contributed by atoms with van der Waals surface area (Å²) in [6, 6.07) is 36.0. The van der Waals surface area contributed by atoms with Crippen molar-refractivity contribution in [1.29, 1.82) is 0 Å². The molecule has 5 heteroatoms. The summed E-state index contributed by atoms with van der Waals surface area (Å²) in [5, 5.41) is 2.49. The third kappa shape index (κ3) is 3.76. The molecule has 2 aliphatic heterocycles. The molecule has 264 valence electrons. The van der Waals surface area contributed by atoms with Gasteiger partial charge in [-0.1, -0.05) is 148 Å². The first-order valence-corrected chi connectivity index (χ1v) is 19.5. The Balaban J connectivity index is 1.43. The molecule has 0 radical (unpaired) electrons. The van der Waals surface area contributed by atoms with E-state index >= 15 is 4.79 Å². The van der Waals surface area contributed by atoms with Crippen molar-refractivity contribution in [3.05, 3.63) is 130 Å². The van der Waals surface area contributed by atoms with Gasteiger partial charge in [0.05, 0.1) is 22.4 Å². The van der Waals surface area contributed by atoms with Crippen LogP contribution in [0.15, 0.2) is 102 Å². The van der Waals surface area contributed by atoms with Crippen molar-refractivity contribution in [1.82, 2.24) is 13.8 Å². The number of nitrogens with zero attached hydrogens (tertiary/aromatic N) is 3. The van der Waals surface area contributed by atoms with E-state index in [9.17, 15) is 0 Å². The van der Waals surface area contributed by atoms with Crippen LogP contribution in [0.2, 0.25) is 0 Å². The molecule has 0 saturated carbocycles. The molecule has 0 fully saturated rings. The Kier molecular flexibility index (Phi) is 6.36. The summed E-state index contributed by atoms with van der Waals surface area (Å²) < 4.78 is 7.08. The topological polar surface area (TPSA) is 31.9 Å². The Labute approximate surface area is 313 Å². The number of para-hydroxylation sites is 1. The van der Waals surface area contributed by atoms with E-state index in [0.29, 0.717) is 11.8 Å². The highest BCUT2D eigenvalue weighted by Crippen LogP contribution is 2.61. The maximum absolute atomic E-state index is 15.4. The number of hydrogen-bond donors (Lipinski definition) is 0. The van der Waals surface area contributed by atoms with E-state index in [1.807, 2.05) is 0 Å². The average Bonchev–Trinajstić information content (AvgIpc) is 3.79. The Morgan fingerprint density at radius 3 is 1.98 bits per heavy atom. The standard InChI is InChI=1S/C48H48BN3O/c1-27(2)31-20-16-21-32(28(3)4)39(31)30-25-37-42-38(26-30)51-44-41(46(5,6)48(9,10)47(44,7)8)45(53)52(51)49(42)35-24-23-33(29-17-12-11-13-18-29)40-34-19-14-15-22-36(34)50(37)43(35)40/h11-28H,1-10H3. The van der Waals surface area contributed by atoms with Crippen LogP contribution in [0.25, 0.3) is 55.4 Å². The Bertz CT molecular complexity index is 2760. The van der Waals surface area contributed by atoms with Crippen LogP contribution >= 0.6 is 0 Å². The molecule has 0 bridgehead atoms. The van der Waals surface area contributed by atoms with Crippen molar-refractivity contribution in [3.63, 3.8) is 0 Å². The highest BCUT2D eigenvalue weighted by Gasteiger charge is 2.62. The maximum atomic E-state index is 15.4. The highest BCUT2D eigenvalue weighted by atomic mass is 16.1. The summed E-state index contributed by atoms with van der Waals surface area (Å²) in [6.07, 6.45) is 0. The molecule has 0 saturated heterocycles. The van der Waals surface area contributed by atoms with Crippen molar-refractivity contribution in [3.8, 4) is 33.6 Å². The van der Waals surface area contributed by atoms with E-state index in [2.05, 4.69) is 180 Å². The van der Waals surface area contributed by atoms with Crippen molar-refractivity contribution in [2.45, 2.75) is 91.9 Å². The number of hydrogen-bond acceptors (Lipinski definition) is 1. The lowest BCUT2D eigenvalue weighted by molar-refractivity contribution is 0.119. The lowest BCUT2D eigenvalue weighted by Crippen LogP contribution is -2.55. The van der Waals surface area contributed by atoms with Gasteiger partial charge < -0.3 is 4.57 Å². The van der Waals surface area contributed by atoms with Gasteiger partial charge in [0, 0.05) is 38.3 Å². The van der Waals surface area contributed by atoms with Crippen molar-refractivity contribution in [2.75, 3.05) is 0 Å². The van der Waals surface area contributed by atoms with Crippen molar-refractivity contribution < 1.29 is 0 Å². The minimum atomic E-state index is -0.320. The van der Waals surface area contributed by atoms with Gasteiger partial charge in [0.2, 0.25) is 0 Å². The van der Waals surface area contributed by atoms with E-state index in [0.717, 1.165) is 11.3 Å². The van der Waals surface area contributed by atoms with Gasteiger partial charge in [0.25, 0.3) is 5.56 Å². The normalized spacial score (nSPS) is 16.9. The van der Waals surface area contributed by atoms with Crippen LogP contribution in [0.1, 0.15) is 103 Å². The Morgan fingerprint density at radius 1 is 0.660 bits per heavy atom. The molecule has 4 nitrogen and oxygen atoms in total. The van der Waals surface area contributed by atoms with Gasteiger partial charge in [-0.25, -0.2) is 0 Å². The number of benzene rings is 5. The number of rotatable bonds is 4. The van der Waals surface area contributed by atoms with Crippen LogP contribution in [-0.2, 0) is 10.8 Å². The Hall–Kier alpha value is -5.03. The zero-order chi connectivity index (χ0) is 37.1. The molecule has 0 atom stereocenters. The molecule has 0 spiro atoms. The third-order valence-corrected chi connectivity index (χ3v) is 14.4. The zero-order valence-corrected chi connectivity index (χ0v) is 32.7. The number of aromatic nitrogens is 3. The second kappa shape index (κ2) is 10.3. The smallest absolute Gasteiger partial charge is 0.310 e. The first kappa shape index (κ1) is 32.6. The molecule has 0 unspecified atom stereocenters. The fraction of sp³-hybridized carbons (Fsp3) is 0.312. The van der Waals surface area contributed by atoms with E-state index in [1.165, 1.54) is 77.5 Å². The van der Waals surface area contributed by atoms with Gasteiger partial charge in [-0.05, 0) is 74.3 Å². The van der Waals surface area contributed by atoms with Crippen LogP contribution in [0.5, 0.6) is 0 Å². The van der Waals surface area contributed by atoms with Gasteiger partial charge in [-0.15, -0.1) is 0 Å². The largest absolute Gasteiger partial charge is 0.357 e. The molecule has 2 aromatic heterocycles. The van der Waals surface area contributed by atoms with Gasteiger partial charge in [-0.3, -0.25) is 14.1 Å². The van der Waals surface area contributed by atoms with Crippen molar-refractivity contribution in [2.24, 2.45) is 5.41 Å². The molecule has 3 aliphatic rings. The van der Waals surface area contributed by atoms with Gasteiger partial charge in [0.1, 0.15) is 0 Å². The zero-order valence-electron chi connectivity index (χ0n) is 32.7. The first-order chi connectivity index (χ1) is 25.2. The molecule has 0 amide bonds. The second-order valence-corrected chi connectivity index (χ2v) is 18.2. The highest BCUT2D eigenvalue weighted by molar-refractivity contribution is 6.88. The van der Waals surface area contributed by atoms with Gasteiger partial charge >= 0.3 is 6.85 Å². The summed E-state index contributed by atoms with van der Waals surface area (Å²) in [7, 11) is 0. The third-order valence-electron chi connectivity index (χ3n) is 14.4. The monoisotopic (exact) mass is 693 g/mol. The molecule has 4 heterocycles. The fourth-order valence-corrected chi connectivity index (χ4v) is 10.7. The molecule has 53 heavy (non-hydrogen) atoms. The van der Waals surface area contributed by atoms with Crippen LogP contribution < -0.4 is 16.5 Å². The SMILES string of the molecule is CC(C)c1cccc(C(C)C)c1-c1cc2c3c(c1)-n1c4c(c(=O)n1B3c1ccc(-c3ccccc3)c3c5ccccc5n-2c13)C(C)(C)C(C)(C)C4(C)C. The van der Waals surface area contributed by atoms with Crippen LogP contribution in [0.4, 0.5) is 0 Å². The quantitative estimate of drug-likeness (QED) is 0.169. The van der Waals surface area contributed by atoms with Crippen LogP contribution in [0.3, 0.4) is 0 Å². The summed E-state index contributed by atoms with van der Waals surface area (Å²) in [5.41, 5.74) is 16.4. The van der Waals surface area contributed by atoms with E-state index < -0.39 is 0 Å². The Morgan fingerprint density at radius 2 is 1.30 bits per heavy atom. The predicted molar refractivity (Wildman–Crippen MR) is 224 cm³/mol. The number of fused-ring (bicyclic) bond motifs is 10. The van der Waals surface area contributed by atoms with E-state index in [1.54, 1.807) is 0 Å². The van der Waals surface area contributed by atoms with Crippen LogP contribution in [-0.4, -0.2) is 20.7 Å². The van der Waals surface area contributed by atoms with Crippen molar-refractivity contribution >= 4 is 39.6 Å². The predicted octanol–water partition coefficient (Wildman–Crippen LogP) is 10.2. The summed E-state index contributed by atoms with van der Waals surface area (Å²) in [6.45, 7) is 23.0. The van der Waals surface area contributed by atoms with E-state index in [4.69, 9.17) is 0 Å². The minimum absolute atomic E-state index is 0.146. The second-order valence-electron chi connectivity index (χ2n) is 18.2. The molecule has 1 aliphatic carbocycles. The maximum Gasteiger partial charge on any atom is 0.357 e. The van der Waals surface area contributed by atoms with Crippen LogP contribution in [0, 0.1) is 5.41 Å². The average molecular weight is 694 g/mol. The molecular weight excluding hydrogens is 645 g/mol. The summed E-state index contributed by atoms with van der Waals surface area (Å²) >= 11 is 0. The molecule has 7 aromatic rings.